The van der Waals surface area contributed by atoms with Crippen molar-refractivity contribution in [3.05, 3.63) is 75.4 Å². The van der Waals surface area contributed by atoms with Gasteiger partial charge in [-0.1, -0.05) is 41.4 Å². The number of rotatable bonds is 4. The molecule has 0 saturated carbocycles. The number of aromatic nitrogens is 2. The summed E-state index contributed by atoms with van der Waals surface area (Å²) in [5.41, 5.74) is 4.09. The summed E-state index contributed by atoms with van der Waals surface area (Å²) in [7, 11) is 0. The second-order valence-electron chi connectivity index (χ2n) is 5.99. The second kappa shape index (κ2) is 8.08. The van der Waals surface area contributed by atoms with Crippen LogP contribution >= 0.6 is 35.4 Å². The molecule has 7 heteroatoms. The van der Waals surface area contributed by atoms with Crippen molar-refractivity contribution in [3.8, 4) is 0 Å². The van der Waals surface area contributed by atoms with Gasteiger partial charge < -0.3 is 10.6 Å². The molecule has 0 bridgehead atoms. The molecule has 134 valence electrons. The number of benzene rings is 2. The van der Waals surface area contributed by atoms with Crippen LogP contribution in [0.5, 0.6) is 0 Å². The monoisotopic (exact) mass is 404 g/mol. The number of aryl methyl sites for hydroxylation is 2. The van der Waals surface area contributed by atoms with Crippen molar-refractivity contribution in [3.63, 3.8) is 0 Å². The van der Waals surface area contributed by atoms with Gasteiger partial charge in [-0.05, 0) is 61.5 Å². The van der Waals surface area contributed by atoms with Crippen molar-refractivity contribution in [2.24, 2.45) is 0 Å². The van der Waals surface area contributed by atoms with E-state index in [9.17, 15) is 0 Å². The molecule has 0 saturated heterocycles. The molecular weight excluding hydrogens is 387 g/mol. The van der Waals surface area contributed by atoms with E-state index in [1.54, 1.807) is 0 Å². The molecule has 3 aromatic rings. The minimum absolute atomic E-state index is 0.464. The molecule has 3 rings (SSSR count). The van der Waals surface area contributed by atoms with Crippen molar-refractivity contribution in [1.29, 1.82) is 0 Å². The average Bonchev–Trinajstić information content (AvgIpc) is 2.92. The SMILES string of the molecule is Cc1ccc(Cl)cc1NC(=S)Nc1cc(C)n(Cc2ccc(Cl)cc2)n1. The molecule has 2 aromatic carbocycles. The molecule has 1 heterocycles. The molecule has 0 unspecified atom stereocenters. The first-order chi connectivity index (χ1) is 12.4. The van der Waals surface area contributed by atoms with Gasteiger partial charge in [-0.2, -0.15) is 5.10 Å². The number of halogens is 2. The van der Waals surface area contributed by atoms with Gasteiger partial charge >= 0.3 is 0 Å². The fourth-order valence-corrected chi connectivity index (χ4v) is 3.01. The molecule has 0 atom stereocenters. The van der Waals surface area contributed by atoms with Crippen LogP contribution in [0, 0.1) is 13.8 Å². The molecule has 0 fully saturated rings. The van der Waals surface area contributed by atoms with Gasteiger partial charge in [0.25, 0.3) is 0 Å². The highest BCUT2D eigenvalue weighted by molar-refractivity contribution is 7.80. The summed E-state index contributed by atoms with van der Waals surface area (Å²) in [4.78, 5) is 0. The quantitative estimate of drug-likeness (QED) is 0.550. The molecule has 0 aliphatic carbocycles. The maximum Gasteiger partial charge on any atom is 0.176 e. The summed E-state index contributed by atoms with van der Waals surface area (Å²) in [6.07, 6.45) is 0. The molecule has 2 N–H and O–H groups in total. The lowest BCUT2D eigenvalue weighted by Crippen LogP contribution is -2.20. The number of anilines is 2. The zero-order valence-electron chi connectivity index (χ0n) is 14.4. The van der Waals surface area contributed by atoms with Crippen molar-refractivity contribution in [2.75, 3.05) is 10.6 Å². The van der Waals surface area contributed by atoms with E-state index >= 15 is 0 Å². The van der Waals surface area contributed by atoms with E-state index in [4.69, 9.17) is 35.4 Å². The predicted octanol–water partition coefficient (Wildman–Crippen LogP) is 5.66. The molecule has 1 aromatic heterocycles. The third kappa shape index (κ3) is 4.75. The Bertz CT molecular complexity index is 935. The van der Waals surface area contributed by atoms with E-state index < -0.39 is 0 Å². The van der Waals surface area contributed by atoms with E-state index in [0.29, 0.717) is 22.5 Å². The normalized spacial score (nSPS) is 10.6. The molecule has 0 amide bonds. The Labute approximate surface area is 168 Å². The molecule has 0 radical (unpaired) electrons. The smallest absolute Gasteiger partial charge is 0.176 e. The highest BCUT2D eigenvalue weighted by Crippen LogP contribution is 2.20. The Kier molecular flexibility index (Phi) is 5.81. The van der Waals surface area contributed by atoms with Gasteiger partial charge in [0.2, 0.25) is 0 Å². The van der Waals surface area contributed by atoms with Gasteiger partial charge in [0, 0.05) is 27.5 Å². The molecule has 0 aliphatic rings. The van der Waals surface area contributed by atoms with E-state index in [1.807, 2.05) is 67.1 Å². The molecule has 4 nitrogen and oxygen atoms in total. The second-order valence-corrected chi connectivity index (χ2v) is 7.27. The highest BCUT2D eigenvalue weighted by atomic mass is 35.5. The third-order valence-corrected chi connectivity index (χ3v) is 4.61. The zero-order valence-corrected chi connectivity index (χ0v) is 16.7. The van der Waals surface area contributed by atoms with Crippen LogP contribution in [0.4, 0.5) is 11.5 Å². The van der Waals surface area contributed by atoms with Crippen molar-refractivity contribution in [2.45, 2.75) is 20.4 Å². The number of hydrogen-bond acceptors (Lipinski definition) is 2. The van der Waals surface area contributed by atoms with E-state index in [1.165, 1.54) is 0 Å². The first-order valence-corrected chi connectivity index (χ1v) is 9.20. The number of thiocarbonyl (C=S) groups is 1. The topological polar surface area (TPSA) is 41.9 Å². The van der Waals surface area contributed by atoms with E-state index in [-0.39, 0.29) is 0 Å². The van der Waals surface area contributed by atoms with Crippen LogP contribution in [-0.4, -0.2) is 14.9 Å². The van der Waals surface area contributed by atoms with Crippen LogP contribution in [-0.2, 0) is 6.54 Å². The third-order valence-electron chi connectivity index (χ3n) is 3.92. The molecule has 26 heavy (non-hydrogen) atoms. The van der Waals surface area contributed by atoms with Gasteiger partial charge in [-0.15, -0.1) is 0 Å². The fourth-order valence-electron chi connectivity index (χ4n) is 2.49. The minimum Gasteiger partial charge on any atom is -0.332 e. The standard InChI is InChI=1S/C19H18Cl2N4S/c1-12-3-6-16(21)10-17(12)22-19(26)23-18-9-13(2)25(24-18)11-14-4-7-15(20)8-5-14/h3-10H,11H2,1-2H3,(H2,22,23,24,26). The largest absolute Gasteiger partial charge is 0.332 e. The Balaban J connectivity index is 1.67. The first-order valence-electron chi connectivity index (χ1n) is 8.04. The summed E-state index contributed by atoms with van der Waals surface area (Å²) >= 11 is 17.4. The molecular formula is C19H18Cl2N4S. The Morgan fingerprint density at radius 1 is 1.00 bits per heavy atom. The van der Waals surface area contributed by atoms with Crippen molar-refractivity contribution in [1.82, 2.24) is 9.78 Å². The van der Waals surface area contributed by atoms with Crippen LogP contribution in [0.15, 0.2) is 48.5 Å². The maximum atomic E-state index is 6.04. The van der Waals surface area contributed by atoms with Gasteiger partial charge in [0.15, 0.2) is 10.9 Å². The average molecular weight is 405 g/mol. The zero-order chi connectivity index (χ0) is 18.7. The highest BCUT2D eigenvalue weighted by Gasteiger charge is 2.08. The summed E-state index contributed by atoms with van der Waals surface area (Å²) in [6, 6.07) is 15.3. The van der Waals surface area contributed by atoms with Crippen LogP contribution < -0.4 is 10.6 Å². The lowest BCUT2D eigenvalue weighted by atomic mass is 10.2. The first kappa shape index (κ1) is 18.7. The van der Waals surface area contributed by atoms with Gasteiger partial charge in [0.1, 0.15) is 0 Å². The summed E-state index contributed by atoms with van der Waals surface area (Å²) < 4.78 is 1.92. The van der Waals surface area contributed by atoms with Gasteiger partial charge in [0.05, 0.1) is 6.54 Å². The fraction of sp³-hybridized carbons (Fsp3) is 0.158. The number of nitrogens with one attached hydrogen (secondary N) is 2. The Morgan fingerprint density at radius 2 is 1.69 bits per heavy atom. The summed E-state index contributed by atoms with van der Waals surface area (Å²) in [5, 5.41) is 12.7. The number of nitrogens with zero attached hydrogens (tertiary/aromatic N) is 2. The Hall–Kier alpha value is -2.08. The number of hydrogen-bond donors (Lipinski definition) is 2. The summed E-state index contributed by atoms with van der Waals surface area (Å²) in [5.74, 6) is 0.689. The van der Waals surface area contributed by atoms with Crippen LogP contribution in [0.25, 0.3) is 0 Å². The molecule has 0 spiro atoms. The maximum absolute atomic E-state index is 6.04. The van der Waals surface area contributed by atoms with Crippen LogP contribution in [0.2, 0.25) is 10.0 Å². The van der Waals surface area contributed by atoms with E-state index in [0.717, 1.165) is 27.5 Å². The van der Waals surface area contributed by atoms with Gasteiger partial charge in [-0.3, -0.25) is 4.68 Å². The van der Waals surface area contributed by atoms with Crippen molar-refractivity contribution >= 4 is 52.0 Å². The van der Waals surface area contributed by atoms with E-state index in [2.05, 4.69) is 15.7 Å². The Morgan fingerprint density at radius 3 is 2.42 bits per heavy atom. The lowest BCUT2D eigenvalue weighted by Gasteiger charge is -2.11. The van der Waals surface area contributed by atoms with Gasteiger partial charge in [-0.25, -0.2) is 0 Å². The summed E-state index contributed by atoms with van der Waals surface area (Å²) in [6.45, 7) is 4.66. The van der Waals surface area contributed by atoms with Crippen LogP contribution in [0.3, 0.4) is 0 Å². The predicted molar refractivity (Wildman–Crippen MR) is 114 cm³/mol. The minimum atomic E-state index is 0.464. The molecule has 0 aliphatic heterocycles. The lowest BCUT2D eigenvalue weighted by molar-refractivity contribution is 0.668. The van der Waals surface area contributed by atoms with Crippen molar-refractivity contribution < 1.29 is 0 Å². The van der Waals surface area contributed by atoms with Crippen LogP contribution in [0.1, 0.15) is 16.8 Å².